The highest BCUT2D eigenvalue weighted by Crippen LogP contribution is 2.22. The summed E-state index contributed by atoms with van der Waals surface area (Å²) >= 11 is 5.87. The number of piperidine rings is 1. The molecule has 6 nitrogen and oxygen atoms in total. The summed E-state index contributed by atoms with van der Waals surface area (Å²) in [7, 11) is 0. The van der Waals surface area contributed by atoms with Gasteiger partial charge in [-0.3, -0.25) is 0 Å². The van der Waals surface area contributed by atoms with Crippen molar-refractivity contribution in [2.75, 3.05) is 25.0 Å². The molecule has 1 aromatic rings. The van der Waals surface area contributed by atoms with Crippen LogP contribution in [0.2, 0.25) is 5.15 Å². The predicted octanol–water partition coefficient (Wildman–Crippen LogP) is 3.50. The lowest BCUT2D eigenvalue weighted by atomic mass is 9.97. The molecule has 23 heavy (non-hydrogen) atoms. The van der Waals surface area contributed by atoms with Crippen molar-refractivity contribution in [1.29, 1.82) is 0 Å². The first-order chi connectivity index (χ1) is 10.7. The van der Waals surface area contributed by atoms with E-state index in [-0.39, 0.29) is 6.09 Å². The Bertz CT molecular complexity index is 552. The number of aromatic nitrogens is 2. The summed E-state index contributed by atoms with van der Waals surface area (Å²) in [5, 5.41) is 11.6. The van der Waals surface area contributed by atoms with Gasteiger partial charge in [0.25, 0.3) is 0 Å². The van der Waals surface area contributed by atoms with Crippen molar-refractivity contribution in [2.24, 2.45) is 5.92 Å². The highest BCUT2D eigenvalue weighted by atomic mass is 35.5. The number of rotatable bonds is 3. The Kier molecular flexibility index (Phi) is 5.68. The van der Waals surface area contributed by atoms with E-state index in [1.165, 1.54) is 0 Å². The number of anilines is 1. The summed E-state index contributed by atoms with van der Waals surface area (Å²) in [6.45, 7) is 9.86. The Morgan fingerprint density at radius 1 is 1.39 bits per heavy atom. The Labute approximate surface area is 142 Å². The third-order valence-electron chi connectivity index (χ3n) is 3.80. The molecule has 0 radical (unpaired) electrons. The minimum atomic E-state index is -0.444. The Morgan fingerprint density at radius 3 is 2.65 bits per heavy atom. The third-order valence-corrected chi connectivity index (χ3v) is 3.98. The van der Waals surface area contributed by atoms with Gasteiger partial charge in [0.1, 0.15) is 5.60 Å². The van der Waals surface area contributed by atoms with E-state index < -0.39 is 5.60 Å². The zero-order valence-corrected chi connectivity index (χ0v) is 15.0. The Balaban J connectivity index is 1.79. The fourth-order valence-corrected chi connectivity index (χ4v) is 2.66. The van der Waals surface area contributed by atoms with Gasteiger partial charge in [-0.25, -0.2) is 4.79 Å². The molecule has 2 rings (SSSR count). The number of halogens is 1. The van der Waals surface area contributed by atoms with Crippen LogP contribution in [0.15, 0.2) is 6.07 Å². The monoisotopic (exact) mass is 340 g/mol. The summed E-state index contributed by atoms with van der Waals surface area (Å²) in [5.41, 5.74) is 1.31. The van der Waals surface area contributed by atoms with Gasteiger partial charge in [-0.2, -0.15) is 5.10 Å². The molecule has 0 aliphatic carbocycles. The minimum absolute atomic E-state index is 0.218. The fourth-order valence-electron chi connectivity index (χ4n) is 2.51. The summed E-state index contributed by atoms with van der Waals surface area (Å²) in [6.07, 6.45) is 1.69. The van der Waals surface area contributed by atoms with Gasteiger partial charge in [-0.1, -0.05) is 11.6 Å². The highest BCUT2D eigenvalue weighted by Gasteiger charge is 2.26. The number of hydrogen-bond acceptors (Lipinski definition) is 5. The van der Waals surface area contributed by atoms with Crippen LogP contribution in [0.4, 0.5) is 10.5 Å². The molecule has 1 aliphatic rings. The van der Waals surface area contributed by atoms with Crippen molar-refractivity contribution in [3.8, 4) is 0 Å². The van der Waals surface area contributed by atoms with Crippen LogP contribution >= 0.6 is 11.6 Å². The van der Waals surface area contributed by atoms with E-state index in [2.05, 4.69) is 15.5 Å². The van der Waals surface area contributed by atoms with Gasteiger partial charge in [0, 0.05) is 25.7 Å². The molecule has 1 fully saturated rings. The molecular weight excluding hydrogens is 316 g/mol. The number of amides is 1. The van der Waals surface area contributed by atoms with Crippen LogP contribution in [0.3, 0.4) is 0 Å². The van der Waals surface area contributed by atoms with Crippen molar-refractivity contribution in [1.82, 2.24) is 15.1 Å². The number of nitrogens with zero attached hydrogens (tertiary/aromatic N) is 3. The van der Waals surface area contributed by atoms with Crippen molar-refractivity contribution < 1.29 is 9.53 Å². The van der Waals surface area contributed by atoms with Gasteiger partial charge in [0.05, 0.1) is 11.4 Å². The molecule has 0 bridgehead atoms. The number of likely N-dealkylation sites (tertiary alicyclic amines) is 1. The zero-order valence-electron chi connectivity index (χ0n) is 14.2. The fraction of sp³-hybridized carbons (Fsp3) is 0.688. The Morgan fingerprint density at radius 2 is 2.04 bits per heavy atom. The average Bonchev–Trinajstić information content (AvgIpc) is 2.47. The lowest BCUT2D eigenvalue weighted by Gasteiger charge is -2.33. The van der Waals surface area contributed by atoms with E-state index in [9.17, 15) is 4.79 Å². The Hall–Kier alpha value is -1.56. The van der Waals surface area contributed by atoms with Crippen LogP contribution in [-0.4, -0.2) is 46.4 Å². The topological polar surface area (TPSA) is 67.4 Å². The maximum absolute atomic E-state index is 12.0. The molecule has 0 aromatic carbocycles. The van der Waals surface area contributed by atoms with E-state index in [0.717, 1.165) is 43.9 Å². The second-order valence-electron chi connectivity index (χ2n) is 6.96. The second kappa shape index (κ2) is 7.34. The molecule has 1 aliphatic heterocycles. The lowest BCUT2D eigenvalue weighted by molar-refractivity contribution is 0.0188. The number of carbonyl (C=O) groups excluding carboxylic acids is 1. The molecule has 1 amide bonds. The van der Waals surface area contributed by atoms with Crippen LogP contribution < -0.4 is 5.32 Å². The quantitative estimate of drug-likeness (QED) is 0.912. The molecular formula is C16H25ClN4O2. The van der Waals surface area contributed by atoms with Gasteiger partial charge in [0.2, 0.25) is 0 Å². The molecule has 7 heteroatoms. The van der Waals surface area contributed by atoms with Crippen LogP contribution in [0.5, 0.6) is 0 Å². The molecule has 128 valence electrons. The van der Waals surface area contributed by atoms with Gasteiger partial charge in [-0.05, 0) is 46.5 Å². The van der Waals surface area contributed by atoms with Crippen LogP contribution in [0.1, 0.15) is 39.3 Å². The standard InChI is InChI=1S/C16H25ClN4O2/c1-11-13(9-14(17)20-19-11)18-10-12-5-7-21(8-6-12)15(22)23-16(2,3)4/h9,12H,5-8,10H2,1-4H3,(H,18,20). The molecule has 1 aromatic heterocycles. The van der Waals surface area contributed by atoms with Crippen LogP contribution in [0, 0.1) is 12.8 Å². The molecule has 0 unspecified atom stereocenters. The number of aryl methyl sites for hydroxylation is 1. The predicted molar refractivity (Wildman–Crippen MR) is 90.8 cm³/mol. The third kappa shape index (κ3) is 5.53. The van der Waals surface area contributed by atoms with E-state index >= 15 is 0 Å². The molecule has 0 atom stereocenters. The maximum atomic E-state index is 12.0. The largest absolute Gasteiger partial charge is 0.444 e. The summed E-state index contributed by atoms with van der Waals surface area (Å²) in [6, 6.07) is 1.79. The first-order valence-corrected chi connectivity index (χ1v) is 8.34. The first kappa shape index (κ1) is 17.8. The number of ether oxygens (including phenoxy) is 1. The normalized spacial score (nSPS) is 16.3. The van der Waals surface area contributed by atoms with Crippen molar-refractivity contribution in [2.45, 2.75) is 46.1 Å². The van der Waals surface area contributed by atoms with E-state index in [0.29, 0.717) is 11.1 Å². The molecule has 1 N–H and O–H groups in total. The first-order valence-electron chi connectivity index (χ1n) is 7.96. The maximum Gasteiger partial charge on any atom is 0.410 e. The SMILES string of the molecule is Cc1nnc(Cl)cc1NCC1CCN(C(=O)OC(C)(C)C)CC1. The van der Waals surface area contributed by atoms with Gasteiger partial charge in [-0.15, -0.1) is 5.10 Å². The van der Waals surface area contributed by atoms with Gasteiger partial charge >= 0.3 is 6.09 Å². The smallest absolute Gasteiger partial charge is 0.410 e. The second-order valence-corrected chi connectivity index (χ2v) is 7.35. The number of hydrogen-bond donors (Lipinski definition) is 1. The van der Waals surface area contributed by atoms with Crippen LogP contribution in [0.25, 0.3) is 0 Å². The summed E-state index contributed by atoms with van der Waals surface area (Å²) in [5.74, 6) is 0.514. The average molecular weight is 341 g/mol. The summed E-state index contributed by atoms with van der Waals surface area (Å²) in [4.78, 5) is 13.8. The molecule has 0 saturated carbocycles. The summed E-state index contributed by atoms with van der Waals surface area (Å²) < 4.78 is 5.41. The lowest BCUT2D eigenvalue weighted by Crippen LogP contribution is -2.42. The van der Waals surface area contributed by atoms with Crippen LogP contribution in [-0.2, 0) is 4.74 Å². The van der Waals surface area contributed by atoms with E-state index in [4.69, 9.17) is 16.3 Å². The molecule has 0 spiro atoms. The van der Waals surface area contributed by atoms with Crippen molar-refractivity contribution in [3.63, 3.8) is 0 Å². The highest BCUT2D eigenvalue weighted by molar-refractivity contribution is 6.29. The van der Waals surface area contributed by atoms with Crippen molar-refractivity contribution in [3.05, 3.63) is 16.9 Å². The zero-order chi connectivity index (χ0) is 17.0. The number of nitrogens with one attached hydrogen (secondary N) is 1. The van der Waals surface area contributed by atoms with Gasteiger partial charge < -0.3 is 15.0 Å². The van der Waals surface area contributed by atoms with E-state index in [1.807, 2.05) is 27.7 Å². The molecule has 1 saturated heterocycles. The van der Waals surface area contributed by atoms with Crippen molar-refractivity contribution >= 4 is 23.4 Å². The van der Waals surface area contributed by atoms with Gasteiger partial charge in [0.15, 0.2) is 5.15 Å². The van der Waals surface area contributed by atoms with E-state index in [1.54, 1.807) is 11.0 Å². The number of carbonyl (C=O) groups is 1. The molecule has 2 heterocycles. The minimum Gasteiger partial charge on any atom is -0.444 e.